The van der Waals surface area contributed by atoms with Gasteiger partial charge < -0.3 is 9.64 Å². The molecule has 8 nitrogen and oxygen atoms in total. The van der Waals surface area contributed by atoms with Gasteiger partial charge in [-0.3, -0.25) is 4.79 Å². The fourth-order valence-electron chi connectivity index (χ4n) is 4.63. The van der Waals surface area contributed by atoms with E-state index in [4.69, 9.17) is 4.74 Å². The van der Waals surface area contributed by atoms with E-state index in [1.807, 2.05) is 17.9 Å². The molecule has 1 aliphatic carbocycles. The van der Waals surface area contributed by atoms with E-state index in [0.717, 1.165) is 25.0 Å². The van der Waals surface area contributed by atoms with E-state index in [-0.39, 0.29) is 29.9 Å². The number of carbonyl (C=O) groups is 1. The van der Waals surface area contributed by atoms with E-state index in [2.05, 4.69) is 24.9 Å². The van der Waals surface area contributed by atoms with Crippen LogP contribution in [-0.4, -0.2) is 54.4 Å². The molecule has 0 aromatic carbocycles. The van der Waals surface area contributed by atoms with Gasteiger partial charge in [0, 0.05) is 24.6 Å². The zero-order valence-corrected chi connectivity index (χ0v) is 17.9. The number of pyridine rings is 1. The molecule has 3 atom stereocenters. The maximum Gasteiger partial charge on any atom is 0.275 e. The van der Waals surface area contributed by atoms with Crippen LogP contribution in [0.4, 0.5) is 4.39 Å². The zero-order valence-electron chi connectivity index (χ0n) is 17.9. The maximum absolute atomic E-state index is 14.2. The summed E-state index contributed by atoms with van der Waals surface area (Å²) in [6.45, 7) is 4.17. The molecular weight excluding hydrogens is 411 g/mol. The average molecular weight is 434 g/mol. The molecular formula is C23H23FN6O2. The molecule has 0 N–H and O–H groups in total. The highest BCUT2D eigenvalue weighted by Crippen LogP contribution is 2.38. The maximum atomic E-state index is 14.2. The first-order valence-corrected chi connectivity index (χ1v) is 10.7. The number of carbonyl (C=O) groups excluding carboxylic acids is 1. The highest BCUT2D eigenvalue weighted by molar-refractivity contribution is 5.99. The third-order valence-corrected chi connectivity index (χ3v) is 6.11. The highest BCUT2D eigenvalue weighted by atomic mass is 19.1. The standard InChI is InChI=1S/C23H23FN6O2/c1-13-4-6-16(19(28-13)21-25-8-3-9-26-21)23(31)30-12-15-5-7-17(30)18(10-15)32-22-20(24)29-14(2)11-27-22/h3-4,6,8-9,11,15,17-18H,5,7,10,12H2,1-2H3. The summed E-state index contributed by atoms with van der Waals surface area (Å²) in [4.78, 5) is 36.5. The number of hydrogen-bond acceptors (Lipinski definition) is 7. The lowest BCUT2D eigenvalue weighted by atomic mass is 9.77. The van der Waals surface area contributed by atoms with Gasteiger partial charge in [-0.1, -0.05) is 0 Å². The summed E-state index contributed by atoms with van der Waals surface area (Å²) < 4.78 is 20.2. The Kier molecular flexibility index (Phi) is 5.24. The van der Waals surface area contributed by atoms with Crippen LogP contribution >= 0.6 is 0 Å². The van der Waals surface area contributed by atoms with Crippen molar-refractivity contribution < 1.29 is 13.9 Å². The van der Waals surface area contributed by atoms with Crippen molar-refractivity contribution in [3.8, 4) is 17.4 Å². The van der Waals surface area contributed by atoms with Crippen molar-refractivity contribution in [1.82, 2.24) is 29.8 Å². The van der Waals surface area contributed by atoms with Gasteiger partial charge >= 0.3 is 0 Å². The Morgan fingerprint density at radius 3 is 2.66 bits per heavy atom. The van der Waals surface area contributed by atoms with Crippen molar-refractivity contribution in [2.24, 2.45) is 5.92 Å². The van der Waals surface area contributed by atoms with Crippen LogP contribution in [0.5, 0.6) is 5.88 Å². The molecule has 2 saturated heterocycles. The summed E-state index contributed by atoms with van der Waals surface area (Å²) in [5.74, 6) is -0.290. The van der Waals surface area contributed by atoms with Crippen LogP contribution in [0, 0.1) is 25.7 Å². The first kappa shape index (κ1) is 20.4. The van der Waals surface area contributed by atoms with Gasteiger partial charge in [0.25, 0.3) is 17.7 Å². The molecule has 6 rings (SSSR count). The van der Waals surface area contributed by atoms with Crippen LogP contribution in [0.25, 0.3) is 11.5 Å². The Balaban J connectivity index is 1.45. The molecule has 3 aliphatic rings. The molecule has 2 aliphatic heterocycles. The van der Waals surface area contributed by atoms with Crippen molar-refractivity contribution in [2.75, 3.05) is 6.54 Å². The summed E-state index contributed by atoms with van der Waals surface area (Å²) >= 11 is 0. The van der Waals surface area contributed by atoms with Crippen molar-refractivity contribution >= 4 is 5.91 Å². The van der Waals surface area contributed by atoms with E-state index in [1.54, 1.807) is 31.5 Å². The topological polar surface area (TPSA) is 94.0 Å². The monoisotopic (exact) mass is 434 g/mol. The highest BCUT2D eigenvalue weighted by Gasteiger charge is 2.45. The second-order valence-electron chi connectivity index (χ2n) is 8.39. The second-order valence-corrected chi connectivity index (χ2v) is 8.39. The summed E-state index contributed by atoms with van der Waals surface area (Å²) in [6.07, 6.45) is 6.95. The number of nitrogens with zero attached hydrogens (tertiary/aromatic N) is 6. The van der Waals surface area contributed by atoms with Crippen LogP contribution in [0.15, 0.2) is 36.8 Å². The van der Waals surface area contributed by atoms with Gasteiger partial charge in [-0.2, -0.15) is 4.39 Å². The number of aryl methyl sites for hydroxylation is 2. The van der Waals surface area contributed by atoms with Crippen molar-refractivity contribution in [2.45, 2.75) is 45.3 Å². The first-order valence-electron chi connectivity index (χ1n) is 10.7. The SMILES string of the molecule is Cc1cnc(OC2CC3CCC2N(C(=O)c2ccc(C)nc2-c2ncccn2)C3)c(F)n1. The fraction of sp³-hybridized carbons (Fsp3) is 0.391. The van der Waals surface area contributed by atoms with Crippen LogP contribution in [0.3, 0.4) is 0 Å². The first-order chi connectivity index (χ1) is 15.5. The number of ether oxygens (including phenoxy) is 1. The molecule has 5 heterocycles. The Labute approximate surface area is 184 Å². The Hall–Kier alpha value is -3.49. The largest absolute Gasteiger partial charge is 0.469 e. The number of fused-ring (bicyclic) bond motifs is 3. The number of hydrogen-bond donors (Lipinski definition) is 0. The van der Waals surface area contributed by atoms with Crippen LogP contribution in [-0.2, 0) is 0 Å². The van der Waals surface area contributed by atoms with Gasteiger partial charge in [-0.05, 0) is 57.2 Å². The van der Waals surface area contributed by atoms with Gasteiger partial charge in [-0.15, -0.1) is 0 Å². The number of amides is 1. The predicted octanol–water partition coefficient (Wildman–Crippen LogP) is 3.16. The molecule has 0 radical (unpaired) electrons. The fourth-order valence-corrected chi connectivity index (χ4v) is 4.63. The van der Waals surface area contributed by atoms with Gasteiger partial charge in [0.1, 0.15) is 11.8 Å². The van der Waals surface area contributed by atoms with Gasteiger partial charge in [0.15, 0.2) is 5.82 Å². The van der Waals surface area contributed by atoms with E-state index in [9.17, 15) is 9.18 Å². The minimum Gasteiger partial charge on any atom is -0.469 e. The van der Waals surface area contributed by atoms with E-state index in [0.29, 0.717) is 29.3 Å². The Bertz CT molecular complexity index is 1160. The van der Waals surface area contributed by atoms with Crippen LogP contribution in [0.2, 0.25) is 0 Å². The Morgan fingerprint density at radius 2 is 1.91 bits per heavy atom. The average Bonchev–Trinajstić information content (AvgIpc) is 2.81. The van der Waals surface area contributed by atoms with Crippen molar-refractivity contribution in [3.05, 3.63) is 59.7 Å². The zero-order chi connectivity index (χ0) is 22.2. The number of piperidine rings is 2. The molecule has 3 aromatic heterocycles. The molecule has 1 saturated carbocycles. The normalized spacial score (nSPS) is 22.1. The molecule has 3 unspecified atom stereocenters. The van der Waals surface area contributed by atoms with E-state index < -0.39 is 5.95 Å². The summed E-state index contributed by atoms with van der Waals surface area (Å²) in [7, 11) is 0. The molecule has 164 valence electrons. The summed E-state index contributed by atoms with van der Waals surface area (Å²) in [5, 5.41) is 0. The van der Waals surface area contributed by atoms with Crippen molar-refractivity contribution in [3.63, 3.8) is 0 Å². The molecule has 32 heavy (non-hydrogen) atoms. The molecule has 1 amide bonds. The van der Waals surface area contributed by atoms with Crippen LogP contribution in [0.1, 0.15) is 41.0 Å². The third-order valence-electron chi connectivity index (χ3n) is 6.11. The minimum atomic E-state index is -0.726. The van der Waals surface area contributed by atoms with Gasteiger partial charge in [-0.25, -0.2) is 24.9 Å². The summed E-state index contributed by atoms with van der Waals surface area (Å²) in [5.41, 5.74) is 2.18. The van der Waals surface area contributed by atoms with Crippen LogP contribution < -0.4 is 4.74 Å². The number of halogens is 1. The van der Waals surface area contributed by atoms with Gasteiger partial charge in [0.05, 0.1) is 23.5 Å². The lowest BCUT2D eigenvalue weighted by Crippen LogP contribution is -2.59. The molecule has 9 heteroatoms. The van der Waals surface area contributed by atoms with E-state index in [1.165, 1.54) is 6.20 Å². The lowest BCUT2D eigenvalue weighted by Gasteiger charge is -2.49. The summed E-state index contributed by atoms with van der Waals surface area (Å²) in [6, 6.07) is 5.13. The smallest absolute Gasteiger partial charge is 0.275 e. The lowest BCUT2D eigenvalue weighted by molar-refractivity contribution is -0.0329. The predicted molar refractivity (Wildman–Crippen MR) is 113 cm³/mol. The third kappa shape index (κ3) is 3.79. The Morgan fingerprint density at radius 1 is 1.09 bits per heavy atom. The molecule has 3 fully saturated rings. The molecule has 3 aromatic rings. The van der Waals surface area contributed by atoms with Crippen molar-refractivity contribution in [1.29, 1.82) is 0 Å². The second kappa shape index (κ2) is 8.22. The van der Waals surface area contributed by atoms with E-state index >= 15 is 0 Å². The number of aromatic nitrogens is 5. The molecule has 0 spiro atoms. The molecule has 2 bridgehead atoms. The quantitative estimate of drug-likeness (QED) is 0.623. The number of rotatable bonds is 4. The van der Waals surface area contributed by atoms with Gasteiger partial charge in [0.2, 0.25) is 0 Å². The minimum absolute atomic E-state index is 0.115.